The van der Waals surface area contributed by atoms with Gasteiger partial charge in [-0.15, -0.1) is 0 Å². The molecule has 1 amide bonds. The smallest absolute Gasteiger partial charge is 0.335 e. The molecule has 168 valence electrons. The van der Waals surface area contributed by atoms with E-state index in [0.29, 0.717) is 23.9 Å². The van der Waals surface area contributed by atoms with Crippen LogP contribution in [0.3, 0.4) is 0 Å². The van der Waals surface area contributed by atoms with E-state index in [0.717, 1.165) is 27.9 Å². The molecular weight excluding hydrogens is 428 g/mol. The molecule has 0 saturated carbocycles. The van der Waals surface area contributed by atoms with Crippen LogP contribution in [0.25, 0.3) is 11.3 Å². The van der Waals surface area contributed by atoms with Crippen molar-refractivity contribution >= 4 is 29.2 Å². The number of hydrogen-bond acceptors (Lipinski definition) is 5. The van der Waals surface area contributed by atoms with Gasteiger partial charge < -0.3 is 15.3 Å². The summed E-state index contributed by atoms with van der Waals surface area (Å²) in [6, 6.07) is 22.3. The van der Waals surface area contributed by atoms with Crippen LogP contribution in [0.2, 0.25) is 0 Å². The number of carboxylic acids is 1. The molecule has 0 fully saturated rings. The summed E-state index contributed by atoms with van der Waals surface area (Å²) in [5, 5.41) is 12.2. The van der Waals surface area contributed by atoms with Gasteiger partial charge in [-0.05, 0) is 48.4 Å². The minimum absolute atomic E-state index is 0.0111. The molecule has 0 unspecified atom stereocenters. The average Bonchev–Trinajstić information content (AvgIpc) is 2.94. The first kappa shape index (κ1) is 21.3. The van der Waals surface area contributed by atoms with Crippen molar-refractivity contribution in [1.82, 2.24) is 9.97 Å². The molecule has 1 aliphatic rings. The highest BCUT2D eigenvalue weighted by Crippen LogP contribution is 2.37. The Morgan fingerprint density at radius 2 is 1.82 bits per heavy atom. The molecular formula is C27H22N4O3. The third kappa shape index (κ3) is 4.23. The number of aryl methyl sites for hydroxylation is 1. The zero-order chi connectivity index (χ0) is 23.7. The summed E-state index contributed by atoms with van der Waals surface area (Å²) in [4.78, 5) is 35.4. The van der Waals surface area contributed by atoms with Gasteiger partial charge in [0.25, 0.3) is 0 Å². The lowest BCUT2D eigenvalue weighted by molar-refractivity contribution is -0.118. The summed E-state index contributed by atoms with van der Waals surface area (Å²) in [6.45, 7) is 2.48. The molecule has 2 N–H and O–H groups in total. The van der Waals surface area contributed by atoms with Crippen molar-refractivity contribution in [3.63, 3.8) is 0 Å². The number of carboxylic acid groups (broad SMARTS) is 1. The summed E-state index contributed by atoms with van der Waals surface area (Å²) in [5.74, 6) is -0.621. The van der Waals surface area contributed by atoms with Gasteiger partial charge in [0.15, 0.2) is 0 Å². The normalized spacial score (nSPS) is 12.5. The Bertz CT molecular complexity index is 1390. The minimum Gasteiger partial charge on any atom is -0.478 e. The van der Waals surface area contributed by atoms with Crippen LogP contribution in [0.15, 0.2) is 79.0 Å². The van der Waals surface area contributed by atoms with Crippen molar-refractivity contribution in [2.24, 2.45) is 0 Å². The maximum atomic E-state index is 13.3. The van der Waals surface area contributed by atoms with Crippen LogP contribution in [-0.4, -0.2) is 27.0 Å². The van der Waals surface area contributed by atoms with Crippen LogP contribution in [0.4, 0.5) is 17.3 Å². The topological polar surface area (TPSA) is 95.4 Å². The Labute approximate surface area is 196 Å². The predicted octanol–water partition coefficient (Wildman–Crippen LogP) is 4.98. The molecule has 3 aromatic carbocycles. The first-order chi connectivity index (χ1) is 16.5. The van der Waals surface area contributed by atoms with Crippen LogP contribution < -0.4 is 10.2 Å². The SMILES string of the molecule is Cc1ccc2c(c1)N(Cc1ccccc1)C(=O)Cc1cnc(Nc3ccc(C(=O)O)cc3)nc1-2. The van der Waals surface area contributed by atoms with Crippen molar-refractivity contribution in [3.05, 3.63) is 101 Å². The Kier molecular flexibility index (Phi) is 5.51. The number of carbonyl (C=O) groups is 2. The average molecular weight is 450 g/mol. The summed E-state index contributed by atoms with van der Waals surface area (Å²) in [7, 11) is 0. The van der Waals surface area contributed by atoms with Crippen LogP contribution >= 0.6 is 0 Å². The zero-order valence-electron chi connectivity index (χ0n) is 18.5. The molecule has 4 aromatic rings. The van der Waals surface area contributed by atoms with Crippen molar-refractivity contribution in [2.75, 3.05) is 10.2 Å². The van der Waals surface area contributed by atoms with Crippen LogP contribution in [-0.2, 0) is 17.8 Å². The number of nitrogens with zero attached hydrogens (tertiary/aromatic N) is 3. The number of rotatable bonds is 5. The number of hydrogen-bond donors (Lipinski definition) is 2. The fourth-order valence-corrected chi connectivity index (χ4v) is 4.05. The second kappa shape index (κ2) is 8.78. The maximum absolute atomic E-state index is 13.3. The summed E-state index contributed by atoms with van der Waals surface area (Å²) in [6.07, 6.45) is 1.88. The quantitative estimate of drug-likeness (QED) is 0.445. The van der Waals surface area contributed by atoms with Crippen LogP contribution in [0.1, 0.15) is 27.0 Å². The monoisotopic (exact) mass is 450 g/mol. The fourth-order valence-electron chi connectivity index (χ4n) is 4.05. The fraction of sp³-hybridized carbons (Fsp3) is 0.111. The van der Waals surface area contributed by atoms with Gasteiger partial charge in [0, 0.05) is 23.0 Å². The van der Waals surface area contributed by atoms with Gasteiger partial charge in [-0.25, -0.2) is 14.8 Å². The van der Waals surface area contributed by atoms with Gasteiger partial charge in [-0.3, -0.25) is 4.79 Å². The maximum Gasteiger partial charge on any atom is 0.335 e. The first-order valence-electron chi connectivity index (χ1n) is 10.9. The number of carbonyl (C=O) groups excluding carboxylic acids is 1. The highest BCUT2D eigenvalue weighted by Gasteiger charge is 2.27. The van der Waals surface area contributed by atoms with E-state index in [9.17, 15) is 9.59 Å². The van der Waals surface area contributed by atoms with Crippen molar-refractivity contribution in [1.29, 1.82) is 0 Å². The molecule has 2 heterocycles. The van der Waals surface area contributed by atoms with E-state index < -0.39 is 5.97 Å². The largest absolute Gasteiger partial charge is 0.478 e. The molecule has 0 atom stereocenters. The number of anilines is 3. The summed E-state index contributed by atoms with van der Waals surface area (Å²) >= 11 is 0. The highest BCUT2D eigenvalue weighted by atomic mass is 16.4. The molecule has 0 spiro atoms. The van der Waals surface area contributed by atoms with Gasteiger partial charge in [0.2, 0.25) is 11.9 Å². The van der Waals surface area contributed by atoms with Crippen LogP contribution in [0.5, 0.6) is 0 Å². The van der Waals surface area contributed by atoms with Gasteiger partial charge in [0.1, 0.15) is 0 Å². The molecule has 34 heavy (non-hydrogen) atoms. The van der Waals surface area contributed by atoms with Crippen molar-refractivity contribution < 1.29 is 14.7 Å². The van der Waals surface area contributed by atoms with E-state index in [-0.39, 0.29) is 17.9 Å². The molecule has 0 saturated heterocycles. The molecule has 5 rings (SSSR count). The van der Waals surface area contributed by atoms with Gasteiger partial charge >= 0.3 is 5.97 Å². The van der Waals surface area contributed by atoms with Crippen molar-refractivity contribution in [3.8, 4) is 11.3 Å². The summed E-state index contributed by atoms with van der Waals surface area (Å²) in [5.41, 5.74) is 6.14. The van der Waals surface area contributed by atoms with Gasteiger partial charge in [0.05, 0.1) is 29.9 Å². The number of aromatic nitrogens is 2. The third-order valence-corrected chi connectivity index (χ3v) is 5.78. The number of aromatic carboxylic acids is 1. The number of fused-ring (bicyclic) bond motifs is 3. The first-order valence-corrected chi connectivity index (χ1v) is 10.9. The van der Waals surface area contributed by atoms with E-state index in [2.05, 4.69) is 10.3 Å². The van der Waals surface area contributed by atoms with Crippen LogP contribution in [0, 0.1) is 6.92 Å². The summed E-state index contributed by atoms with van der Waals surface area (Å²) < 4.78 is 0. The van der Waals surface area contributed by atoms with E-state index in [1.807, 2.05) is 60.4 Å². The third-order valence-electron chi connectivity index (χ3n) is 5.78. The lowest BCUT2D eigenvalue weighted by Gasteiger charge is -2.23. The molecule has 0 radical (unpaired) electrons. The van der Waals surface area contributed by atoms with Crippen molar-refractivity contribution in [2.45, 2.75) is 19.9 Å². The predicted molar refractivity (Wildman–Crippen MR) is 130 cm³/mol. The van der Waals surface area contributed by atoms with E-state index in [1.165, 1.54) is 12.1 Å². The van der Waals surface area contributed by atoms with E-state index in [1.54, 1.807) is 18.3 Å². The Hall–Kier alpha value is -4.52. The minimum atomic E-state index is -0.982. The second-order valence-electron chi connectivity index (χ2n) is 8.24. The molecule has 7 heteroatoms. The number of benzene rings is 3. The van der Waals surface area contributed by atoms with Gasteiger partial charge in [-0.2, -0.15) is 0 Å². The second-order valence-corrected chi connectivity index (χ2v) is 8.24. The lowest BCUT2D eigenvalue weighted by atomic mass is 10.0. The molecule has 1 aromatic heterocycles. The van der Waals surface area contributed by atoms with Gasteiger partial charge in [-0.1, -0.05) is 42.5 Å². The lowest BCUT2D eigenvalue weighted by Crippen LogP contribution is -2.31. The molecule has 0 bridgehead atoms. The Morgan fingerprint density at radius 3 is 2.56 bits per heavy atom. The van der Waals surface area contributed by atoms with E-state index >= 15 is 0 Å². The number of amides is 1. The molecule has 0 aliphatic carbocycles. The Morgan fingerprint density at radius 1 is 1.06 bits per heavy atom. The molecule has 7 nitrogen and oxygen atoms in total. The highest BCUT2D eigenvalue weighted by molar-refractivity contribution is 6.02. The standard InChI is InChI=1S/C27H22N4O3/c1-17-7-12-22-23(13-17)31(16-18-5-3-2-4-6-18)24(32)14-20-15-28-27(30-25(20)22)29-21-10-8-19(9-11-21)26(33)34/h2-13,15H,14,16H2,1H3,(H,33,34)(H,28,29,30). The van der Waals surface area contributed by atoms with E-state index in [4.69, 9.17) is 10.1 Å². The molecule has 1 aliphatic heterocycles. The Balaban J connectivity index is 1.53. The number of nitrogens with one attached hydrogen (secondary N) is 1. The zero-order valence-corrected chi connectivity index (χ0v) is 18.5.